The first-order valence-corrected chi connectivity index (χ1v) is 11.0. The van der Waals surface area contributed by atoms with E-state index in [0.29, 0.717) is 50.9 Å². The molecule has 1 atom stereocenters. The number of hydrogen-bond donors (Lipinski definition) is 1. The number of benzene rings is 2. The molecule has 6 nitrogen and oxygen atoms in total. The SMILES string of the molecule is Cc1ccc(C(=O)N2CCC(N3C(=O)CCC3C(=O)NCc3ccccc3)CC2)cc1. The fourth-order valence-corrected chi connectivity index (χ4v) is 4.55. The molecule has 0 aromatic heterocycles. The maximum Gasteiger partial charge on any atom is 0.253 e. The van der Waals surface area contributed by atoms with Crippen LogP contribution in [0.5, 0.6) is 0 Å². The zero-order valence-corrected chi connectivity index (χ0v) is 17.9. The van der Waals surface area contributed by atoms with Gasteiger partial charge in [0.2, 0.25) is 11.8 Å². The van der Waals surface area contributed by atoms with E-state index in [-0.39, 0.29) is 23.8 Å². The van der Waals surface area contributed by atoms with Crippen molar-refractivity contribution < 1.29 is 14.4 Å². The van der Waals surface area contributed by atoms with E-state index < -0.39 is 6.04 Å². The van der Waals surface area contributed by atoms with Gasteiger partial charge in [-0.2, -0.15) is 0 Å². The fraction of sp³-hybridized carbons (Fsp3) is 0.400. The van der Waals surface area contributed by atoms with Gasteiger partial charge in [-0.15, -0.1) is 0 Å². The molecule has 31 heavy (non-hydrogen) atoms. The highest BCUT2D eigenvalue weighted by atomic mass is 16.2. The smallest absolute Gasteiger partial charge is 0.253 e. The van der Waals surface area contributed by atoms with Gasteiger partial charge in [-0.25, -0.2) is 0 Å². The van der Waals surface area contributed by atoms with Crippen molar-refractivity contribution in [3.05, 3.63) is 71.3 Å². The summed E-state index contributed by atoms with van der Waals surface area (Å²) >= 11 is 0. The number of carbonyl (C=O) groups is 3. The average molecular weight is 420 g/mol. The van der Waals surface area contributed by atoms with Crippen LogP contribution in [0.1, 0.15) is 47.2 Å². The molecule has 0 radical (unpaired) electrons. The van der Waals surface area contributed by atoms with E-state index in [2.05, 4.69) is 5.32 Å². The number of amides is 3. The van der Waals surface area contributed by atoms with Crippen molar-refractivity contribution in [2.75, 3.05) is 13.1 Å². The van der Waals surface area contributed by atoms with Gasteiger partial charge in [-0.1, -0.05) is 48.0 Å². The molecule has 2 aromatic carbocycles. The Bertz CT molecular complexity index is 934. The number of rotatable bonds is 5. The second-order valence-corrected chi connectivity index (χ2v) is 8.45. The molecule has 2 saturated heterocycles. The highest BCUT2D eigenvalue weighted by Crippen LogP contribution is 2.28. The lowest BCUT2D eigenvalue weighted by Gasteiger charge is -2.39. The van der Waals surface area contributed by atoms with E-state index in [4.69, 9.17) is 0 Å². The fourth-order valence-electron chi connectivity index (χ4n) is 4.55. The van der Waals surface area contributed by atoms with Crippen molar-refractivity contribution in [2.24, 2.45) is 0 Å². The predicted molar refractivity (Wildman–Crippen MR) is 118 cm³/mol. The largest absolute Gasteiger partial charge is 0.350 e. The number of aryl methyl sites for hydroxylation is 1. The van der Waals surface area contributed by atoms with Crippen LogP contribution in [0.2, 0.25) is 0 Å². The number of nitrogens with zero attached hydrogens (tertiary/aromatic N) is 2. The van der Waals surface area contributed by atoms with E-state index in [1.54, 1.807) is 4.90 Å². The van der Waals surface area contributed by atoms with Crippen LogP contribution < -0.4 is 5.32 Å². The molecule has 2 aliphatic heterocycles. The second kappa shape index (κ2) is 9.33. The molecular formula is C25H29N3O3. The van der Waals surface area contributed by atoms with Gasteiger partial charge < -0.3 is 15.1 Å². The normalized spacial score (nSPS) is 19.5. The van der Waals surface area contributed by atoms with Gasteiger partial charge in [0.25, 0.3) is 5.91 Å². The van der Waals surface area contributed by atoms with Gasteiger partial charge in [0, 0.05) is 37.7 Å². The molecule has 162 valence electrons. The van der Waals surface area contributed by atoms with Crippen molar-refractivity contribution in [3.63, 3.8) is 0 Å². The van der Waals surface area contributed by atoms with Crippen LogP contribution in [-0.2, 0) is 16.1 Å². The summed E-state index contributed by atoms with van der Waals surface area (Å²) in [5.41, 5.74) is 2.86. The summed E-state index contributed by atoms with van der Waals surface area (Å²) in [4.78, 5) is 41.8. The first kappa shape index (κ1) is 21.1. The molecule has 3 amide bonds. The van der Waals surface area contributed by atoms with Crippen LogP contribution in [-0.4, -0.2) is 52.7 Å². The third-order valence-electron chi connectivity index (χ3n) is 6.31. The Labute approximate surface area is 183 Å². The maximum absolute atomic E-state index is 12.8. The molecule has 1 N–H and O–H groups in total. The zero-order chi connectivity index (χ0) is 21.8. The van der Waals surface area contributed by atoms with Crippen molar-refractivity contribution in [2.45, 2.75) is 51.2 Å². The minimum absolute atomic E-state index is 0.00421. The predicted octanol–water partition coefficient (Wildman–Crippen LogP) is 2.91. The summed E-state index contributed by atoms with van der Waals surface area (Å²) in [5, 5.41) is 2.99. The lowest BCUT2D eigenvalue weighted by atomic mass is 10.0. The Balaban J connectivity index is 1.35. The molecule has 0 saturated carbocycles. The van der Waals surface area contributed by atoms with Crippen LogP contribution in [0.25, 0.3) is 0 Å². The van der Waals surface area contributed by atoms with Crippen LogP contribution in [0.3, 0.4) is 0 Å². The van der Waals surface area contributed by atoms with Crippen molar-refractivity contribution in [3.8, 4) is 0 Å². The van der Waals surface area contributed by atoms with Crippen LogP contribution in [0.15, 0.2) is 54.6 Å². The molecule has 0 aliphatic carbocycles. The lowest BCUT2D eigenvalue weighted by Crippen LogP contribution is -2.53. The zero-order valence-electron chi connectivity index (χ0n) is 17.9. The van der Waals surface area contributed by atoms with E-state index in [1.807, 2.05) is 66.4 Å². The summed E-state index contributed by atoms with van der Waals surface area (Å²) in [7, 11) is 0. The van der Waals surface area contributed by atoms with Gasteiger partial charge in [0.1, 0.15) is 6.04 Å². The van der Waals surface area contributed by atoms with Crippen molar-refractivity contribution in [1.29, 1.82) is 0 Å². The van der Waals surface area contributed by atoms with Crippen LogP contribution >= 0.6 is 0 Å². The van der Waals surface area contributed by atoms with Crippen LogP contribution in [0, 0.1) is 6.92 Å². The Kier molecular flexibility index (Phi) is 6.35. The molecule has 2 fully saturated rings. The van der Waals surface area contributed by atoms with Crippen molar-refractivity contribution in [1.82, 2.24) is 15.1 Å². The van der Waals surface area contributed by atoms with E-state index in [0.717, 1.165) is 11.1 Å². The molecule has 2 aromatic rings. The maximum atomic E-state index is 12.8. The van der Waals surface area contributed by atoms with E-state index >= 15 is 0 Å². The number of hydrogen-bond acceptors (Lipinski definition) is 3. The number of carbonyl (C=O) groups excluding carboxylic acids is 3. The summed E-state index contributed by atoms with van der Waals surface area (Å²) in [6, 6.07) is 17.0. The first-order chi connectivity index (χ1) is 15.0. The Morgan fingerprint density at radius 3 is 2.32 bits per heavy atom. The summed E-state index contributed by atoms with van der Waals surface area (Å²) in [6.45, 7) is 3.65. The molecule has 6 heteroatoms. The number of likely N-dealkylation sites (tertiary alicyclic amines) is 2. The van der Waals surface area contributed by atoms with E-state index in [1.165, 1.54) is 0 Å². The summed E-state index contributed by atoms with van der Waals surface area (Å²) in [5.74, 6) is -0.0145. The van der Waals surface area contributed by atoms with Gasteiger partial charge in [-0.3, -0.25) is 14.4 Å². The molecular weight excluding hydrogens is 390 g/mol. The quantitative estimate of drug-likeness (QED) is 0.810. The van der Waals surface area contributed by atoms with E-state index in [9.17, 15) is 14.4 Å². The third-order valence-corrected chi connectivity index (χ3v) is 6.31. The molecule has 0 spiro atoms. The van der Waals surface area contributed by atoms with Gasteiger partial charge in [0.05, 0.1) is 0 Å². The molecule has 2 heterocycles. The first-order valence-electron chi connectivity index (χ1n) is 11.0. The second-order valence-electron chi connectivity index (χ2n) is 8.45. The number of piperidine rings is 1. The van der Waals surface area contributed by atoms with Crippen LogP contribution in [0.4, 0.5) is 0 Å². The third kappa shape index (κ3) is 4.79. The summed E-state index contributed by atoms with van der Waals surface area (Å²) < 4.78 is 0. The van der Waals surface area contributed by atoms with Crippen molar-refractivity contribution >= 4 is 17.7 Å². The molecule has 2 aliphatic rings. The highest BCUT2D eigenvalue weighted by Gasteiger charge is 2.41. The van der Waals surface area contributed by atoms with Gasteiger partial charge in [-0.05, 0) is 43.9 Å². The average Bonchev–Trinajstić information content (AvgIpc) is 3.20. The highest BCUT2D eigenvalue weighted by molar-refractivity contribution is 5.94. The Hall–Kier alpha value is -3.15. The monoisotopic (exact) mass is 419 g/mol. The molecule has 0 bridgehead atoms. The Morgan fingerprint density at radius 1 is 0.968 bits per heavy atom. The molecule has 1 unspecified atom stereocenters. The minimum atomic E-state index is -0.416. The van der Waals surface area contributed by atoms with Gasteiger partial charge in [0.15, 0.2) is 0 Å². The minimum Gasteiger partial charge on any atom is -0.350 e. The lowest BCUT2D eigenvalue weighted by molar-refractivity contribution is -0.138. The summed E-state index contributed by atoms with van der Waals surface area (Å²) in [6.07, 6.45) is 2.37. The van der Waals surface area contributed by atoms with Gasteiger partial charge >= 0.3 is 0 Å². The topological polar surface area (TPSA) is 69.7 Å². The Morgan fingerprint density at radius 2 is 1.65 bits per heavy atom. The number of nitrogens with one attached hydrogen (secondary N) is 1. The standard InChI is InChI=1S/C25H29N3O3/c1-18-7-9-20(10-8-18)25(31)27-15-13-21(14-16-27)28-22(11-12-23(28)29)24(30)26-17-19-5-3-2-4-6-19/h2-10,21-22H,11-17H2,1H3,(H,26,30). The molecule has 4 rings (SSSR count).